The average molecular weight is 635 g/mol. The topological polar surface area (TPSA) is 156 Å². The molecule has 7 rings (SSSR count). The van der Waals surface area contributed by atoms with Crippen LogP contribution in [0.15, 0.2) is 82.5 Å². The van der Waals surface area contributed by atoms with Crippen LogP contribution in [-0.2, 0) is 29.5 Å². The fourth-order valence-corrected chi connectivity index (χ4v) is 8.26. The van der Waals surface area contributed by atoms with Crippen LogP contribution in [0.1, 0.15) is 58.3 Å². The maximum atomic E-state index is 13.4. The summed E-state index contributed by atoms with van der Waals surface area (Å²) in [6.45, 7) is 1.79. The summed E-state index contributed by atoms with van der Waals surface area (Å²) in [6.07, 6.45) is 4.59. The molecule has 2 heterocycles. The Kier molecular flexibility index (Phi) is 7.93. The van der Waals surface area contributed by atoms with E-state index in [0.29, 0.717) is 61.9 Å². The van der Waals surface area contributed by atoms with Crippen LogP contribution in [0.5, 0.6) is 5.75 Å². The smallest absolute Gasteiger partial charge is 0.325 e. The Balaban J connectivity index is 1.09. The number of likely N-dealkylation sites (tertiary alicyclic amines) is 1. The number of Topliss-reactive ketones (excluding diaryl/α,β-unsaturated/α-hetero) is 1. The Labute approximate surface area is 271 Å². The van der Waals surface area contributed by atoms with Crippen LogP contribution >= 0.6 is 0 Å². The summed E-state index contributed by atoms with van der Waals surface area (Å²) in [4.78, 5) is 56.9. The lowest BCUT2D eigenvalue weighted by atomic mass is 9.49. The van der Waals surface area contributed by atoms with Gasteiger partial charge in [-0.1, -0.05) is 60.7 Å². The molecule has 0 spiro atoms. The minimum atomic E-state index is -1.19. The van der Waals surface area contributed by atoms with Crippen LogP contribution < -0.4 is 16.6 Å². The predicted octanol–water partition coefficient (Wildman–Crippen LogP) is 3.00. The fourth-order valence-electron chi connectivity index (χ4n) is 8.26. The Bertz CT molecular complexity index is 1950. The van der Waals surface area contributed by atoms with Crippen molar-refractivity contribution in [3.05, 3.63) is 122 Å². The number of amides is 1. The largest absolute Gasteiger partial charge is 0.507 e. The van der Waals surface area contributed by atoms with Crippen LogP contribution in [-0.4, -0.2) is 68.0 Å². The minimum Gasteiger partial charge on any atom is -0.507 e. The molecule has 2 bridgehead atoms. The molecule has 3 unspecified atom stereocenters. The van der Waals surface area contributed by atoms with Gasteiger partial charge in [0.25, 0.3) is 11.5 Å². The van der Waals surface area contributed by atoms with Crippen molar-refractivity contribution in [2.24, 2.45) is 0 Å². The van der Waals surface area contributed by atoms with Gasteiger partial charge < -0.3 is 20.5 Å². The van der Waals surface area contributed by atoms with E-state index < -0.39 is 28.2 Å². The highest BCUT2D eigenvalue weighted by Gasteiger charge is 2.65. The van der Waals surface area contributed by atoms with Crippen LogP contribution in [0.4, 0.5) is 0 Å². The maximum absolute atomic E-state index is 13.4. The van der Waals surface area contributed by atoms with Crippen molar-refractivity contribution < 1.29 is 19.8 Å². The van der Waals surface area contributed by atoms with E-state index in [-0.39, 0.29) is 29.6 Å². The number of H-pyrrole nitrogens is 2. The number of nitrogens with zero attached hydrogens (tertiary/aromatic N) is 1. The van der Waals surface area contributed by atoms with Gasteiger partial charge in [-0.05, 0) is 67.0 Å². The molecule has 1 saturated carbocycles. The van der Waals surface area contributed by atoms with Gasteiger partial charge in [0.05, 0.1) is 16.7 Å². The van der Waals surface area contributed by atoms with E-state index in [1.807, 2.05) is 36.4 Å². The van der Waals surface area contributed by atoms with Crippen molar-refractivity contribution in [3.63, 3.8) is 0 Å². The Morgan fingerprint density at radius 1 is 0.957 bits per heavy atom. The molecular formula is C37H38N4O6. The van der Waals surface area contributed by atoms with Gasteiger partial charge in [-0.3, -0.25) is 24.3 Å². The molecule has 10 nitrogen and oxygen atoms in total. The number of aromatic hydroxyl groups is 1. The molecule has 47 heavy (non-hydrogen) atoms. The molecule has 1 aromatic heterocycles. The number of nitrogens with one attached hydrogen (secondary N) is 3. The quantitative estimate of drug-likeness (QED) is 0.200. The predicted molar refractivity (Wildman–Crippen MR) is 177 cm³/mol. The molecule has 2 fully saturated rings. The standard InChI is InChI=1S/C37H38N4O6/c42-27-12-15-37(47)30-20-26-10-11-28(32(43)31(26)36(37,21-27)16-19-41(30)18-14-23-4-2-1-3-5-23)33(44)38-17-13-24-6-8-25(9-7-24)29-22-39-35(46)40-34(29)45/h1-11,22,30,43,47H,12-21H2,(H,38,44)(H2,39,40,45,46). The van der Waals surface area contributed by atoms with E-state index in [2.05, 4.69) is 32.3 Å². The van der Waals surface area contributed by atoms with E-state index in [1.54, 1.807) is 18.2 Å². The number of ketones is 1. The SMILES string of the molecule is O=C1CCC2(O)C3Cc4ccc(C(=O)NCCc5ccc(-c6c[nH]c(=O)[nH]c6=O)cc5)c(O)c4C2(CCN3CCc2ccccc2)C1. The van der Waals surface area contributed by atoms with Crippen molar-refractivity contribution in [2.75, 3.05) is 19.6 Å². The Morgan fingerprint density at radius 2 is 1.72 bits per heavy atom. The lowest BCUT2D eigenvalue weighted by molar-refractivity contribution is -0.172. The average Bonchev–Trinajstić information content (AvgIpc) is 3.05. The van der Waals surface area contributed by atoms with Crippen molar-refractivity contribution in [1.82, 2.24) is 20.2 Å². The number of carbonyl (C=O) groups excluding carboxylic acids is 2. The second-order valence-electron chi connectivity index (χ2n) is 13.1. The molecule has 3 aliphatic rings. The first kappa shape index (κ1) is 30.8. The van der Waals surface area contributed by atoms with E-state index in [9.17, 15) is 29.4 Å². The van der Waals surface area contributed by atoms with E-state index in [0.717, 1.165) is 24.1 Å². The second-order valence-corrected chi connectivity index (χ2v) is 13.1. The molecule has 10 heteroatoms. The summed E-state index contributed by atoms with van der Waals surface area (Å²) in [5.74, 6) is -0.490. The maximum Gasteiger partial charge on any atom is 0.325 e. The zero-order valence-corrected chi connectivity index (χ0v) is 26.1. The molecule has 1 aliphatic heterocycles. The number of rotatable bonds is 8. The van der Waals surface area contributed by atoms with Gasteiger partial charge in [0.2, 0.25) is 0 Å². The number of aromatic nitrogens is 2. The number of hydrogen-bond donors (Lipinski definition) is 5. The number of hydrogen-bond acceptors (Lipinski definition) is 7. The fraction of sp³-hybridized carbons (Fsp3) is 0.351. The Hall–Kier alpha value is -4.80. The highest BCUT2D eigenvalue weighted by Crippen LogP contribution is 2.59. The third-order valence-electron chi connectivity index (χ3n) is 10.6. The molecule has 1 saturated heterocycles. The van der Waals surface area contributed by atoms with Crippen LogP contribution in [0.2, 0.25) is 0 Å². The molecule has 242 valence electrons. The molecule has 2 aliphatic carbocycles. The number of phenolic OH excluding ortho intramolecular Hbond substituents is 1. The minimum absolute atomic E-state index is 0.0736. The molecule has 4 aromatic rings. The second kappa shape index (κ2) is 12.1. The van der Waals surface area contributed by atoms with E-state index in [4.69, 9.17) is 0 Å². The van der Waals surface area contributed by atoms with Crippen molar-refractivity contribution in [1.29, 1.82) is 0 Å². The van der Waals surface area contributed by atoms with E-state index >= 15 is 0 Å². The van der Waals surface area contributed by atoms with Crippen molar-refractivity contribution in [3.8, 4) is 16.9 Å². The highest BCUT2D eigenvalue weighted by molar-refractivity contribution is 5.98. The van der Waals surface area contributed by atoms with Crippen LogP contribution in [0.25, 0.3) is 11.1 Å². The third kappa shape index (κ3) is 5.41. The van der Waals surface area contributed by atoms with Crippen molar-refractivity contribution >= 4 is 11.7 Å². The van der Waals surface area contributed by atoms with Crippen LogP contribution in [0, 0.1) is 0 Å². The molecule has 1 amide bonds. The number of piperidine rings is 1. The molecular weight excluding hydrogens is 596 g/mol. The zero-order valence-electron chi connectivity index (χ0n) is 26.1. The number of fused-ring (bicyclic) bond motifs is 1. The number of benzene rings is 3. The van der Waals surface area contributed by atoms with Crippen molar-refractivity contribution in [2.45, 2.75) is 62.0 Å². The first-order valence-corrected chi connectivity index (χ1v) is 16.3. The molecule has 0 radical (unpaired) electrons. The van der Waals surface area contributed by atoms with Gasteiger partial charge in [0.15, 0.2) is 0 Å². The van der Waals surface area contributed by atoms with Gasteiger partial charge in [-0.15, -0.1) is 0 Å². The normalized spacial score (nSPS) is 23.5. The van der Waals surface area contributed by atoms with Gasteiger partial charge >= 0.3 is 5.69 Å². The van der Waals surface area contributed by atoms with Gasteiger partial charge in [-0.2, -0.15) is 0 Å². The molecule has 3 atom stereocenters. The van der Waals surface area contributed by atoms with Gasteiger partial charge in [0, 0.05) is 49.1 Å². The number of aromatic amines is 2. The zero-order chi connectivity index (χ0) is 32.8. The first-order chi connectivity index (χ1) is 22.7. The summed E-state index contributed by atoms with van der Waals surface area (Å²) in [5.41, 5.74) is 1.57. The van der Waals surface area contributed by atoms with Gasteiger partial charge in [0.1, 0.15) is 11.5 Å². The summed E-state index contributed by atoms with van der Waals surface area (Å²) in [7, 11) is 0. The summed E-state index contributed by atoms with van der Waals surface area (Å²) >= 11 is 0. The molecule has 3 aromatic carbocycles. The number of phenols is 1. The summed E-state index contributed by atoms with van der Waals surface area (Å²) < 4.78 is 0. The highest BCUT2D eigenvalue weighted by atomic mass is 16.3. The molecule has 5 N–H and O–H groups in total. The lowest BCUT2D eigenvalue weighted by Crippen LogP contribution is -2.73. The lowest BCUT2D eigenvalue weighted by Gasteiger charge is -2.63. The van der Waals surface area contributed by atoms with Gasteiger partial charge in [-0.25, -0.2) is 4.79 Å². The summed E-state index contributed by atoms with van der Waals surface area (Å²) in [6, 6.07) is 20.9. The number of carbonyl (C=O) groups is 2. The van der Waals surface area contributed by atoms with Crippen LogP contribution in [0.3, 0.4) is 0 Å². The van der Waals surface area contributed by atoms with E-state index in [1.165, 1.54) is 11.8 Å². The third-order valence-corrected chi connectivity index (χ3v) is 10.6. The Morgan fingerprint density at radius 3 is 2.49 bits per heavy atom. The summed E-state index contributed by atoms with van der Waals surface area (Å²) in [5, 5.41) is 27.1. The first-order valence-electron chi connectivity index (χ1n) is 16.3. The monoisotopic (exact) mass is 634 g/mol. The number of aliphatic hydroxyl groups is 1.